The van der Waals surface area contributed by atoms with Gasteiger partial charge in [-0.1, -0.05) is 57.0 Å². The van der Waals surface area contributed by atoms with Crippen LogP contribution < -0.4 is 28.5 Å². The number of hydrogen-bond acceptors (Lipinski definition) is 2. The molecule has 0 radical (unpaired) electrons. The average molecular weight is 546 g/mol. The highest BCUT2D eigenvalue weighted by Gasteiger charge is 2.34. The van der Waals surface area contributed by atoms with Crippen LogP contribution in [-0.4, -0.2) is 16.6 Å². The van der Waals surface area contributed by atoms with E-state index in [1.54, 1.807) is 0 Å². The molecule has 0 N–H and O–H groups in total. The van der Waals surface area contributed by atoms with E-state index in [4.69, 9.17) is 4.74 Å². The maximum Gasteiger partial charge on any atom is 0.348 e. The lowest BCUT2D eigenvalue weighted by Crippen LogP contribution is -3.00. The molecule has 1 saturated carbocycles. The number of carbonyl (C=O) groups is 1. The van der Waals surface area contributed by atoms with Gasteiger partial charge in [-0.15, -0.1) is 0 Å². The predicted molar refractivity (Wildman–Crippen MR) is 125 cm³/mol. The predicted octanol–water partition coefficient (Wildman–Crippen LogP) is 2.45. The summed E-state index contributed by atoms with van der Waals surface area (Å²) in [6.07, 6.45) is 3.37. The van der Waals surface area contributed by atoms with Gasteiger partial charge < -0.3 is 28.7 Å². The molecule has 4 rings (SSSR count). The van der Waals surface area contributed by atoms with Gasteiger partial charge in [0.25, 0.3) is 5.82 Å². The molecule has 3 aromatic rings. The topological polar surface area (TPSA) is 35.1 Å². The third kappa shape index (κ3) is 5.03. The normalized spacial score (nSPS) is 20.9. The van der Waals surface area contributed by atoms with Gasteiger partial charge in [0.2, 0.25) is 0 Å². The molecule has 0 aliphatic heterocycles. The van der Waals surface area contributed by atoms with Crippen molar-refractivity contribution < 1.29 is 38.1 Å². The molecule has 32 heavy (non-hydrogen) atoms. The SMILES string of the molecule is Cc1cccc(-c2n(CC(=O)OC3C[C@H](C)CC[C@H]3C(C)C)c3ccccc3[n+]2C)c1.[I-]. The molecular weight excluding hydrogens is 511 g/mol. The first-order valence-corrected chi connectivity index (χ1v) is 11.6. The highest BCUT2D eigenvalue weighted by Crippen LogP contribution is 2.35. The number of benzene rings is 2. The van der Waals surface area contributed by atoms with Crippen molar-refractivity contribution in [2.45, 2.75) is 59.6 Å². The van der Waals surface area contributed by atoms with Crippen LogP contribution in [-0.2, 0) is 23.1 Å². The Morgan fingerprint density at radius 2 is 1.91 bits per heavy atom. The highest BCUT2D eigenvalue weighted by molar-refractivity contribution is 5.79. The van der Waals surface area contributed by atoms with Gasteiger partial charge in [0.1, 0.15) is 6.10 Å². The molecule has 1 unspecified atom stereocenters. The van der Waals surface area contributed by atoms with Crippen molar-refractivity contribution in [3.63, 3.8) is 0 Å². The van der Waals surface area contributed by atoms with E-state index in [1.165, 1.54) is 12.0 Å². The van der Waals surface area contributed by atoms with Gasteiger partial charge in [0.15, 0.2) is 17.6 Å². The van der Waals surface area contributed by atoms with E-state index < -0.39 is 0 Å². The minimum Gasteiger partial charge on any atom is -1.00 e. The Morgan fingerprint density at radius 3 is 2.62 bits per heavy atom. The molecule has 5 heteroatoms. The second-order valence-electron chi connectivity index (χ2n) is 9.68. The lowest BCUT2D eigenvalue weighted by atomic mass is 9.75. The van der Waals surface area contributed by atoms with E-state index in [9.17, 15) is 4.79 Å². The van der Waals surface area contributed by atoms with Crippen molar-refractivity contribution in [1.29, 1.82) is 0 Å². The molecule has 3 atom stereocenters. The highest BCUT2D eigenvalue weighted by atomic mass is 127. The quantitative estimate of drug-likeness (QED) is 0.280. The number of esters is 1. The zero-order valence-electron chi connectivity index (χ0n) is 19.8. The molecule has 0 spiro atoms. The van der Waals surface area contributed by atoms with Crippen LogP contribution in [0.2, 0.25) is 0 Å². The van der Waals surface area contributed by atoms with Crippen molar-refractivity contribution in [3.8, 4) is 11.4 Å². The summed E-state index contributed by atoms with van der Waals surface area (Å²) in [5, 5.41) is 0. The molecule has 2 aromatic carbocycles. The van der Waals surface area contributed by atoms with Crippen LogP contribution in [0.1, 0.15) is 45.6 Å². The first-order chi connectivity index (χ1) is 14.8. The Labute approximate surface area is 209 Å². The molecule has 1 aliphatic rings. The number of imidazole rings is 1. The Hall–Kier alpha value is -1.89. The maximum atomic E-state index is 13.2. The van der Waals surface area contributed by atoms with Crippen molar-refractivity contribution in [2.75, 3.05) is 0 Å². The number of hydrogen-bond donors (Lipinski definition) is 0. The molecule has 0 amide bonds. The van der Waals surface area contributed by atoms with E-state index in [-0.39, 0.29) is 42.6 Å². The maximum absolute atomic E-state index is 13.2. The number of aryl methyl sites for hydroxylation is 2. The summed E-state index contributed by atoms with van der Waals surface area (Å²) in [5.41, 5.74) is 4.47. The first kappa shape index (κ1) is 24.7. The van der Waals surface area contributed by atoms with Crippen molar-refractivity contribution in [3.05, 3.63) is 54.1 Å². The largest absolute Gasteiger partial charge is 1.00 e. The van der Waals surface area contributed by atoms with Crippen LogP contribution in [0.5, 0.6) is 0 Å². The summed E-state index contributed by atoms with van der Waals surface area (Å²) in [5.74, 6) is 2.48. The molecule has 0 saturated heterocycles. The second kappa shape index (κ2) is 10.4. The summed E-state index contributed by atoms with van der Waals surface area (Å²) in [7, 11) is 2.07. The lowest BCUT2D eigenvalue weighted by Gasteiger charge is -2.36. The van der Waals surface area contributed by atoms with Crippen LogP contribution in [0.4, 0.5) is 0 Å². The molecule has 0 bridgehead atoms. The van der Waals surface area contributed by atoms with Gasteiger partial charge in [0, 0.05) is 0 Å². The number of halogens is 1. The Kier molecular flexibility index (Phi) is 8.01. The smallest absolute Gasteiger partial charge is 0.348 e. The number of rotatable bonds is 5. The van der Waals surface area contributed by atoms with E-state index >= 15 is 0 Å². The van der Waals surface area contributed by atoms with Gasteiger partial charge in [-0.25, -0.2) is 13.9 Å². The van der Waals surface area contributed by atoms with Crippen LogP contribution in [0.25, 0.3) is 22.4 Å². The lowest BCUT2D eigenvalue weighted by molar-refractivity contribution is -0.634. The molecule has 1 heterocycles. The monoisotopic (exact) mass is 546 g/mol. The first-order valence-electron chi connectivity index (χ1n) is 11.6. The van der Waals surface area contributed by atoms with E-state index in [0.29, 0.717) is 17.8 Å². The van der Waals surface area contributed by atoms with E-state index in [0.717, 1.165) is 35.3 Å². The Bertz CT molecular complexity index is 1090. The average Bonchev–Trinajstić information content (AvgIpc) is 2.99. The fourth-order valence-electron chi connectivity index (χ4n) is 5.26. The molecule has 172 valence electrons. The summed E-state index contributed by atoms with van der Waals surface area (Å²) < 4.78 is 10.4. The number of aromatic nitrogens is 2. The summed E-state index contributed by atoms with van der Waals surface area (Å²) in [4.78, 5) is 13.2. The standard InChI is InChI=1S/C27H35N2O2.HI/c1-18(2)22-14-13-20(4)16-25(22)31-26(30)17-29-24-12-7-6-11-23(24)28(5)27(29)21-10-8-9-19(3)15-21;/h6-12,15,18,20,22,25H,13-14,16-17H2,1-5H3;1H/q+1;/p-1/t20-,22+,25?;/m1./s1. The number of carbonyl (C=O) groups excluding carboxylic acids is 1. The van der Waals surface area contributed by atoms with Gasteiger partial charge in [-0.05, 0) is 61.8 Å². The van der Waals surface area contributed by atoms with Gasteiger partial charge >= 0.3 is 5.97 Å². The third-order valence-electron chi connectivity index (χ3n) is 6.91. The van der Waals surface area contributed by atoms with Gasteiger partial charge in [0.05, 0.1) is 12.6 Å². The van der Waals surface area contributed by atoms with Crippen molar-refractivity contribution >= 4 is 17.0 Å². The molecule has 1 fully saturated rings. The van der Waals surface area contributed by atoms with Crippen molar-refractivity contribution in [1.82, 2.24) is 4.57 Å². The third-order valence-corrected chi connectivity index (χ3v) is 6.91. The van der Waals surface area contributed by atoms with Gasteiger partial charge in [-0.2, -0.15) is 0 Å². The van der Waals surface area contributed by atoms with Crippen LogP contribution in [0, 0.1) is 24.7 Å². The summed E-state index contributed by atoms with van der Waals surface area (Å²) >= 11 is 0. The number of fused-ring (bicyclic) bond motifs is 1. The fourth-order valence-corrected chi connectivity index (χ4v) is 5.26. The van der Waals surface area contributed by atoms with Crippen molar-refractivity contribution in [2.24, 2.45) is 24.8 Å². The molecular formula is C27H35IN2O2. The van der Waals surface area contributed by atoms with E-state index in [2.05, 4.69) is 80.3 Å². The van der Waals surface area contributed by atoms with Gasteiger partial charge in [-0.3, -0.25) is 0 Å². The zero-order chi connectivity index (χ0) is 22.1. The molecule has 4 nitrogen and oxygen atoms in total. The molecule has 1 aromatic heterocycles. The van der Waals surface area contributed by atoms with E-state index in [1.807, 2.05) is 12.1 Å². The minimum absolute atomic E-state index is 0. The van der Waals surface area contributed by atoms with Crippen LogP contribution in [0.3, 0.4) is 0 Å². The second-order valence-corrected chi connectivity index (χ2v) is 9.68. The van der Waals surface area contributed by atoms with Crippen LogP contribution >= 0.6 is 0 Å². The summed E-state index contributed by atoms with van der Waals surface area (Å²) in [6.45, 7) is 9.08. The zero-order valence-corrected chi connectivity index (χ0v) is 22.0. The Balaban J connectivity index is 0.00000289. The number of nitrogens with zero attached hydrogens (tertiary/aromatic N) is 2. The Morgan fingerprint density at radius 1 is 1.16 bits per heavy atom. The minimum atomic E-state index is -0.139. The summed E-state index contributed by atoms with van der Waals surface area (Å²) in [6, 6.07) is 16.7. The number of para-hydroxylation sites is 2. The van der Waals surface area contributed by atoms with Crippen LogP contribution in [0.15, 0.2) is 48.5 Å². The number of ether oxygens (including phenoxy) is 1. The molecule has 1 aliphatic carbocycles. The fraction of sp³-hybridized carbons (Fsp3) is 0.481.